The minimum Gasteiger partial charge on any atom is -0.330 e. The molecule has 11 heteroatoms. The van der Waals surface area contributed by atoms with Crippen molar-refractivity contribution in [1.82, 2.24) is 9.19 Å². The van der Waals surface area contributed by atoms with Crippen LogP contribution in [0.1, 0.15) is 26.7 Å². The zero-order valence-corrected chi connectivity index (χ0v) is 12.5. The van der Waals surface area contributed by atoms with Crippen LogP contribution >= 0.6 is 0 Å². The summed E-state index contributed by atoms with van der Waals surface area (Å²) in [6.45, 7) is 3.08. The van der Waals surface area contributed by atoms with E-state index in [0.29, 0.717) is 10.5 Å². The molecule has 0 bridgehead atoms. The van der Waals surface area contributed by atoms with Crippen LogP contribution < -0.4 is 4.18 Å². The first-order valence-electron chi connectivity index (χ1n) is 5.66. The second-order valence-corrected chi connectivity index (χ2v) is 6.74. The molecule has 0 unspecified atom stereocenters. The number of hydrogen-bond donors (Lipinski definition) is 0. The smallest absolute Gasteiger partial charge is 0.330 e. The molecular formula is C9H14N2O7S2. The summed E-state index contributed by atoms with van der Waals surface area (Å²) in [6, 6.07) is 1.03. The Kier molecular flexibility index (Phi) is 5.11. The quantitative estimate of drug-likeness (QED) is 0.688. The minimum atomic E-state index is -4.61. The fourth-order valence-electron chi connectivity index (χ4n) is 1.14. The Hall–Kier alpha value is -1.62. The predicted octanol–water partition coefficient (Wildman–Crippen LogP) is 0.0478. The van der Waals surface area contributed by atoms with Crippen LogP contribution in [0.15, 0.2) is 12.3 Å². The van der Waals surface area contributed by atoms with E-state index in [1.54, 1.807) is 6.92 Å². The van der Waals surface area contributed by atoms with E-state index in [1.807, 2.05) is 0 Å². The van der Waals surface area contributed by atoms with E-state index in [2.05, 4.69) is 13.5 Å². The summed E-state index contributed by atoms with van der Waals surface area (Å²) >= 11 is 0. The summed E-state index contributed by atoms with van der Waals surface area (Å²) in [6.07, 6.45) is 1.27. The Balaban J connectivity index is 2.86. The van der Waals surface area contributed by atoms with E-state index in [1.165, 1.54) is 6.92 Å². The van der Waals surface area contributed by atoms with Gasteiger partial charge in [0.1, 0.15) is 0 Å². The van der Waals surface area contributed by atoms with Gasteiger partial charge in [0.25, 0.3) is 15.9 Å². The van der Waals surface area contributed by atoms with Crippen molar-refractivity contribution in [2.24, 2.45) is 0 Å². The lowest BCUT2D eigenvalue weighted by Gasteiger charge is -2.03. The molecule has 1 aromatic heterocycles. The molecule has 0 saturated carbocycles. The van der Waals surface area contributed by atoms with Crippen molar-refractivity contribution >= 4 is 26.4 Å². The van der Waals surface area contributed by atoms with Gasteiger partial charge in [-0.05, 0) is 6.42 Å². The van der Waals surface area contributed by atoms with E-state index in [-0.39, 0.29) is 12.2 Å². The molecule has 1 aromatic rings. The van der Waals surface area contributed by atoms with Gasteiger partial charge in [0, 0.05) is 18.7 Å². The molecule has 114 valence electrons. The third-order valence-electron chi connectivity index (χ3n) is 1.96. The first-order valence-corrected chi connectivity index (χ1v) is 8.60. The van der Waals surface area contributed by atoms with Crippen LogP contribution in [0.5, 0.6) is 5.88 Å². The van der Waals surface area contributed by atoms with Crippen molar-refractivity contribution in [2.75, 3.05) is 5.75 Å². The molecule has 0 aliphatic rings. The maximum atomic E-state index is 11.6. The third kappa shape index (κ3) is 4.49. The van der Waals surface area contributed by atoms with Gasteiger partial charge in [-0.2, -0.15) is 4.09 Å². The zero-order chi connectivity index (χ0) is 15.4. The lowest BCUT2D eigenvalue weighted by Crippen LogP contribution is -2.19. The van der Waals surface area contributed by atoms with Crippen molar-refractivity contribution in [1.29, 1.82) is 0 Å². The SMILES string of the molecule is CCCS(=O)(=O)n1ccc(OS(=O)(=O)OC(=O)CC)n1. The van der Waals surface area contributed by atoms with E-state index in [9.17, 15) is 21.6 Å². The number of nitrogens with zero attached hydrogens (tertiary/aromatic N) is 2. The van der Waals surface area contributed by atoms with Crippen LogP contribution in [0.2, 0.25) is 0 Å². The highest BCUT2D eigenvalue weighted by atomic mass is 32.3. The van der Waals surface area contributed by atoms with E-state index in [4.69, 9.17) is 0 Å². The van der Waals surface area contributed by atoms with Crippen LogP contribution in [0.3, 0.4) is 0 Å². The number of carbonyl (C=O) groups excluding carboxylic acids is 1. The fraction of sp³-hybridized carbons (Fsp3) is 0.556. The van der Waals surface area contributed by atoms with Gasteiger partial charge >= 0.3 is 16.4 Å². The average molecular weight is 326 g/mol. The standard InChI is InChI=1S/C9H14N2O7S2/c1-3-7-19(13,14)11-6-5-8(10-11)17-20(15,16)18-9(12)4-2/h5-6H,3-4,7H2,1-2H3. The van der Waals surface area contributed by atoms with Gasteiger partial charge in [-0.3, -0.25) is 4.79 Å². The molecule has 9 nitrogen and oxygen atoms in total. The zero-order valence-electron chi connectivity index (χ0n) is 10.8. The van der Waals surface area contributed by atoms with Crippen LogP contribution in [0.4, 0.5) is 0 Å². The summed E-state index contributed by atoms with van der Waals surface area (Å²) in [4.78, 5) is 10.9. The van der Waals surface area contributed by atoms with Crippen molar-refractivity contribution in [3.8, 4) is 5.88 Å². The number of rotatable bonds is 7. The second kappa shape index (κ2) is 6.22. The molecule has 0 atom stereocenters. The predicted molar refractivity (Wildman–Crippen MR) is 67.6 cm³/mol. The average Bonchev–Trinajstić information content (AvgIpc) is 2.76. The van der Waals surface area contributed by atoms with Crippen LogP contribution in [0.25, 0.3) is 0 Å². The van der Waals surface area contributed by atoms with Crippen molar-refractivity contribution in [2.45, 2.75) is 26.7 Å². The Morgan fingerprint density at radius 1 is 1.30 bits per heavy atom. The molecule has 0 saturated heterocycles. The van der Waals surface area contributed by atoms with E-state index in [0.717, 1.165) is 12.3 Å². The maximum Gasteiger partial charge on any atom is 0.505 e. The number of hydrogen-bond acceptors (Lipinski definition) is 8. The maximum absolute atomic E-state index is 11.6. The normalized spacial score (nSPS) is 12.1. The third-order valence-corrected chi connectivity index (χ3v) is 4.42. The van der Waals surface area contributed by atoms with Crippen LogP contribution in [-0.4, -0.2) is 37.7 Å². The first-order chi connectivity index (χ1) is 9.20. The summed E-state index contributed by atoms with van der Waals surface area (Å²) in [7, 11) is -8.26. The van der Waals surface area contributed by atoms with Gasteiger partial charge in [0.2, 0.25) is 0 Å². The Morgan fingerprint density at radius 3 is 2.50 bits per heavy atom. The fourth-order valence-corrected chi connectivity index (χ4v) is 2.97. The van der Waals surface area contributed by atoms with Crippen LogP contribution in [-0.2, 0) is 29.4 Å². The summed E-state index contributed by atoms with van der Waals surface area (Å²) in [5, 5.41) is 3.45. The summed E-state index contributed by atoms with van der Waals surface area (Å²) in [5.74, 6) is -1.65. The lowest BCUT2D eigenvalue weighted by molar-refractivity contribution is -0.133. The van der Waals surface area contributed by atoms with Gasteiger partial charge in [-0.25, -0.2) is 8.42 Å². The number of aromatic nitrogens is 2. The van der Waals surface area contributed by atoms with Gasteiger partial charge in [-0.1, -0.05) is 13.8 Å². The summed E-state index contributed by atoms with van der Waals surface area (Å²) in [5.41, 5.74) is 0. The highest BCUT2D eigenvalue weighted by Crippen LogP contribution is 2.12. The van der Waals surface area contributed by atoms with Gasteiger partial charge in [-0.15, -0.1) is 13.5 Å². The topological polar surface area (TPSA) is 122 Å². The van der Waals surface area contributed by atoms with Gasteiger partial charge < -0.3 is 8.37 Å². The van der Waals surface area contributed by atoms with Crippen LogP contribution in [0, 0.1) is 0 Å². The molecular weight excluding hydrogens is 312 g/mol. The lowest BCUT2D eigenvalue weighted by atomic mass is 10.5. The molecule has 0 radical (unpaired) electrons. The number of carbonyl (C=O) groups is 1. The minimum absolute atomic E-state index is 0.147. The molecule has 0 N–H and O–H groups in total. The van der Waals surface area contributed by atoms with E-state index >= 15 is 0 Å². The molecule has 1 rings (SSSR count). The molecule has 0 aliphatic carbocycles. The van der Waals surface area contributed by atoms with Crippen molar-refractivity contribution in [3.05, 3.63) is 12.3 Å². The molecule has 0 fully saturated rings. The molecule has 0 spiro atoms. The second-order valence-electron chi connectivity index (χ2n) is 3.64. The molecule has 20 heavy (non-hydrogen) atoms. The Labute approximate surface area is 116 Å². The molecule has 1 heterocycles. The van der Waals surface area contributed by atoms with Gasteiger partial charge in [0.15, 0.2) is 0 Å². The first kappa shape index (κ1) is 16.4. The largest absolute Gasteiger partial charge is 0.505 e. The summed E-state index contributed by atoms with van der Waals surface area (Å²) < 4.78 is 54.9. The monoisotopic (exact) mass is 326 g/mol. The highest BCUT2D eigenvalue weighted by molar-refractivity contribution is 7.89. The van der Waals surface area contributed by atoms with E-state index < -0.39 is 32.3 Å². The Bertz CT molecular complexity index is 675. The van der Waals surface area contributed by atoms with Crippen molar-refractivity contribution < 1.29 is 30.0 Å². The molecule has 0 aromatic carbocycles. The molecule has 0 amide bonds. The Morgan fingerprint density at radius 2 is 1.95 bits per heavy atom. The highest BCUT2D eigenvalue weighted by Gasteiger charge is 2.21. The van der Waals surface area contributed by atoms with Crippen molar-refractivity contribution in [3.63, 3.8) is 0 Å². The van der Waals surface area contributed by atoms with Gasteiger partial charge in [0.05, 0.1) is 5.75 Å². The molecule has 0 aliphatic heterocycles.